The molecule has 3 rings (SSSR count). The molecule has 0 aliphatic heterocycles. The Kier molecular flexibility index (Phi) is 3.19. The highest BCUT2D eigenvalue weighted by atomic mass is 19.1. The van der Waals surface area contributed by atoms with E-state index < -0.39 is 0 Å². The Bertz CT molecular complexity index is 673. The van der Waals surface area contributed by atoms with Gasteiger partial charge in [-0.2, -0.15) is 0 Å². The van der Waals surface area contributed by atoms with Crippen LogP contribution in [0.25, 0.3) is 10.9 Å². The largest absolute Gasteiger partial charge is 0.493 e. The van der Waals surface area contributed by atoms with Crippen molar-refractivity contribution in [1.29, 1.82) is 0 Å². The van der Waals surface area contributed by atoms with Crippen LogP contribution in [0, 0.1) is 5.82 Å². The third-order valence-corrected chi connectivity index (χ3v) is 3.10. The first-order chi connectivity index (χ1) is 9.31. The summed E-state index contributed by atoms with van der Waals surface area (Å²) in [6.07, 6.45) is 2.68. The van der Waals surface area contributed by atoms with Gasteiger partial charge in [-0.1, -0.05) is 12.1 Å². The van der Waals surface area contributed by atoms with Crippen molar-refractivity contribution in [3.8, 4) is 5.75 Å². The highest BCUT2D eigenvalue weighted by Gasteiger charge is 1.99. The zero-order valence-electron chi connectivity index (χ0n) is 10.4. The second-order valence-corrected chi connectivity index (χ2v) is 4.45. The molecule has 0 saturated carbocycles. The number of rotatable bonds is 4. The summed E-state index contributed by atoms with van der Waals surface area (Å²) in [6.45, 7) is 0.585. The monoisotopic (exact) mass is 255 g/mol. The number of fused-ring (bicyclic) bond motifs is 1. The Morgan fingerprint density at radius 2 is 1.84 bits per heavy atom. The van der Waals surface area contributed by atoms with Gasteiger partial charge in [0.2, 0.25) is 0 Å². The lowest BCUT2D eigenvalue weighted by Gasteiger charge is -2.06. The molecule has 96 valence electrons. The van der Waals surface area contributed by atoms with Gasteiger partial charge in [0.25, 0.3) is 0 Å². The molecule has 2 aromatic carbocycles. The molecular weight excluding hydrogens is 241 g/mol. The Morgan fingerprint density at radius 3 is 2.68 bits per heavy atom. The van der Waals surface area contributed by atoms with Crippen molar-refractivity contribution in [2.24, 2.45) is 0 Å². The molecule has 0 spiro atoms. The van der Waals surface area contributed by atoms with Crippen LogP contribution in [0.15, 0.2) is 54.7 Å². The fourth-order valence-electron chi connectivity index (χ4n) is 2.06. The zero-order chi connectivity index (χ0) is 13.1. The first kappa shape index (κ1) is 11.8. The van der Waals surface area contributed by atoms with Crippen LogP contribution >= 0.6 is 0 Å². The van der Waals surface area contributed by atoms with Crippen molar-refractivity contribution in [3.05, 3.63) is 66.1 Å². The zero-order valence-corrected chi connectivity index (χ0v) is 10.4. The number of nitrogens with one attached hydrogen (secondary N) is 1. The molecule has 2 nitrogen and oxygen atoms in total. The molecule has 0 aliphatic carbocycles. The SMILES string of the molecule is Fc1ccc(CCOc2ccc3[nH]ccc3c2)cc1. The van der Waals surface area contributed by atoms with E-state index in [2.05, 4.69) is 4.98 Å². The number of H-pyrrole nitrogens is 1. The second kappa shape index (κ2) is 5.14. The first-order valence-corrected chi connectivity index (χ1v) is 6.26. The lowest BCUT2D eigenvalue weighted by Crippen LogP contribution is -2.01. The molecule has 3 aromatic rings. The van der Waals surface area contributed by atoms with E-state index in [-0.39, 0.29) is 5.82 Å². The molecule has 1 aromatic heterocycles. The van der Waals surface area contributed by atoms with Crippen LogP contribution < -0.4 is 4.74 Å². The fourth-order valence-corrected chi connectivity index (χ4v) is 2.06. The van der Waals surface area contributed by atoms with E-state index in [1.165, 1.54) is 12.1 Å². The molecule has 0 radical (unpaired) electrons. The Labute approximate surface area is 110 Å². The molecule has 1 N–H and O–H groups in total. The van der Waals surface area contributed by atoms with Crippen LogP contribution in [-0.2, 0) is 6.42 Å². The average Bonchev–Trinajstić information content (AvgIpc) is 2.88. The maximum atomic E-state index is 12.8. The van der Waals surface area contributed by atoms with Gasteiger partial charge in [-0.3, -0.25) is 0 Å². The molecule has 0 unspecified atom stereocenters. The maximum absolute atomic E-state index is 12.8. The summed E-state index contributed by atoms with van der Waals surface area (Å²) in [5, 5.41) is 1.14. The summed E-state index contributed by atoms with van der Waals surface area (Å²) in [7, 11) is 0. The third-order valence-electron chi connectivity index (χ3n) is 3.10. The molecular formula is C16H14FNO. The van der Waals surface area contributed by atoms with Gasteiger partial charge in [0.15, 0.2) is 0 Å². The minimum absolute atomic E-state index is 0.206. The smallest absolute Gasteiger partial charge is 0.123 e. The van der Waals surface area contributed by atoms with E-state index >= 15 is 0 Å². The Morgan fingerprint density at radius 1 is 1.00 bits per heavy atom. The van der Waals surface area contributed by atoms with Gasteiger partial charge in [0, 0.05) is 23.5 Å². The molecule has 3 heteroatoms. The van der Waals surface area contributed by atoms with Gasteiger partial charge < -0.3 is 9.72 Å². The number of halogens is 1. The summed E-state index contributed by atoms with van der Waals surface area (Å²) in [5.74, 6) is 0.650. The van der Waals surface area contributed by atoms with Gasteiger partial charge in [-0.15, -0.1) is 0 Å². The van der Waals surface area contributed by atoms with E-state index in [4.69, 9.17) is 4.74 Å². The van der Waals surface area contributed by atoms with Gasteiger partial charge in [0.1, 0.15) is 11.6 Å². The number of hydrogen-bond donors (Lipinski definition) is 1. The molecule has 0 bridgehead atoms. The number of benzene rings is 2. The van der Waals surface area contributed by atoms with E-state index in [1.54, 1.807) is 12.1 Å². The van der Waals surface area contributed by atoms with E-state index in [9.17, 15) is 4.39 Å². The molecule has 0 fully saturated rings. The second-order valence-electron chi connectivity index (χ2n) is 4.45. The summed E-state index contributed by atoms with van der Waals surface area (Å²) < 4.78 is 18.5. The number of aromatic nitrogens is 1. The van der Waals surface area contributed by atoms with E-state index in [1.807, 2.05) is 30.5 Å². The molecule has 0 aliphatic rings. The first-order valence-electron chi connectivity index (χ1n) is 6.26. The standard InChI is InChI=1S/C16H14FNO/c17-14-3-1-12(2-4-14)8-10-19-15-5-6-16-13(11-15)7-9-18-16/h1-7,9,11,18H,8,10H2. The quantitative estimate of drug-likeness (QED) is 0.750. The van der Waals surface area contributed by atoms with Gasteiger partial charge in [-0.25, -0.2) is 4.39 Å². The van der Waals surface area contributed by atoms with Crippen molar-refractivity contribution in [1.82, 2.24) is 4.98 Å². The summed E-state index contributed by atoms with van der Waals surface area (Å²) in [6, 6.07) is 14.5. The van der Waals surface area contributed by atoms with Crippen LogP contribution in [0.3, 0.4) is 0 Å². The Balaban J connectivity index is 1.61. The van der Waals surface area contributed by atoms with Gasteiger partial charge in [-0.05, 0) is 42.0 Å². The van der Waals surface area contributed by atoms with Crippen LogP contribution in [0.1, 0.15) is 5.56 Å². The van der Waals surface area contributed by atoms with Crippen molar-refractivity contribution in [3.63, 3.8) is 0 Å². The summed E-state index contributed by atoms with van der Waals surface area (Å²) in [4.78, 5) is 3.14. The summed E-state index contributed by atoms with van der Waals surface area (Å²) in [5.41, 5.74) is 2.18. The molecule has 0 atom stereocenters. The van der Waals surface area contributed by atoms with Crippen LogP contribution in [0.2, 0.25) is 0 Å². The number of hydrogen-bond acceptors (Lipinski definition) is 1. The minimum Gasteiger partial charge on any atom is -0.493 e. The molecule has 19 heavy (non-hydrogen) atoms. The maximum Gasteiger partial charge on any atom is 0.123 e. The molecule has 0 amide bonds. The van der Waals surface area contributed by atoms with Crippen molar-refractivity contribution >= 4 is 10.9 Å². The molecule has 1 heterocycles. The lowest BCUT2D eigenvalue weighted by molar-refractivity contribution is 0.322. The predicted molar refractivity (Wildman–Crippen MR) is 73.9 cm³/mol. The predicted octanol–water partition coefficient (Wildman–Crippen LogP) is 3.93. The van der Waals surface area contributed by atoms with E-state index in [0.717, 1.165) is 28.6 Å². The minimum atomic E-state index is -0.206. The van der Waals surface area contributed by atoms with Crippen LogP contribution in [0.4, 0.5) is 4.39 Å². The van der Waals surface area contributed by atoms with E-state index in [0.29, 0.717) is 6.61 Å². The number of ether oxygens (including phenoxy) is 1. The average molecular weight is 255 g/mol. The highest BCUT2D eigenvalue weighted by Crippen LogP contribution is 2.19. The van der Waals surface area contributed by atoms with Gasteiger partial charge in [0.05, 0.1) is 6.61 Å². The third kappa shape index (κ3) is 2.76. The fraction of sp³-hybridized carbons (Fsp3) is 0.125. The van der Waals surface area contributed by atoms with Crippen molar-refractivity contribution in [2.75, 3.05) is 6.61 Å². The van der Waals surface area contributed by atoms with Crippen molar-refractivity contribution in [2.45, 2.75) is 6.42 Å². The lowest BCUT2D eigenvalue weighted by atomic mass is 10.1. The normalized spacial score (nSPS) is 10.8. The molecule has 0 saturated heterocycles. The topological polar surface area (TPSA) is 25.0 Å². The number of aromatic amines is 1. The highest BCUT2D eigenvalue weighted by molar-refractivity contribution is 5.80. The van der Waals surface area contributed by atoms with Crippen molar-refractivity contribution < 1.29 is 9.13 Å². The van der Waals surface area contributed by atoms with Gasteiger partial charge >= 0.3 is 0 Å². The Hall–Kier alpha value is -2.29. The van der Waals surface area contributed by atoms with Crippen LogP contribution in [-0.4, -0.2) is 11.6 Å². The summed E-state index contributed by atoms with van der Waals surface area (Å²) >= 11 is 0. The van der Waals surface area contributed by atoms with Crippen LogP contribution in [0.5, 0.6) is 5.75 Å².